The van der Waals surface area contributed by atoms with Gasteiger partial charge in [-0.05, 0) is 0 Å². The van der Waals surface area contributed by atoms with Crippen molar-refractivity contribution in [3.8, 4) is 0 Å². The second-order valence-electron chi connectivity index (χ2n) is 0.451. The topological polar surface area (TPSA) is 91.1 Å². The van der Waals surface area contributed by atoms with Crippen molar-refractivity contribution in [2.75, 3.05) is 0 Å². The molecule has 0 N–H and O–H groups in total. The second-order valence-corrected chi connectivity index (χ2v) is 13.1. The maximum absolute atomic E-state index is 9.26. The standard InChI is InChI=1S/4ClH.4O.5Zr/h4*1H;;;;;;;;;/q;;;;;;4*-2;3*+4/p-4. The fraction of sp³-hybridized carbons (Fsp3) is 0. The minimum absolute atomic E-state index is 0. The van der Waals surface area contributed by atoms with Gasteiger partial charge in [-0.15, -0.1) is 0 Å². The molecule has 0 aromatic heterocycles. The van der Waals surface area contributed by atoms with Crippen LogP contribution in [0.2, 0.25) is 0 Å². The quantitative estimate of drug-likeness (QED) is 0.399. The van der Waals surface area contributed by atoms with Gasteiger partial charge >= 0.3 is 157 Å². The molecule has 0 heterocycles. The van der Waals surface area contributed by atoms with Gasteiger partial charge in [0.05, 0.1) is 0 Å². The Morgan fingerprint density at radius 2 is 0.615 bits per heavy atom. The zero-order valence-corrected chi connectivity index (χ0v) is 21.0. The maximum Gasteiger partial charge on any atom is 4.00 e. The third-order valence-electron chi connectivity index (χ3n) is 0. The Hall–Kier alpha value is 5.10. The van der Waals surface area contributed by atoms with Gasteiger partial charge in [0.2, 0.25) is 0 Å². The molecule has 0 aliphatic heterocycles. The zero-order chi connectivity index (χ0) is 7.15. The number of hydrogen-bond donors (Lipinski definition) is 0. The molecule has 0 aromatic rings. The van der Waals surface area contributed by atoms with E-state index in [2.05, 4.69) is 34.1 Å². The van der Waals surface area contributed by atoms with Gasteiger partial charge in [-0.1, -0.05) is 0 Å². The average Bonchev–Trinajstić information content (AvgIpc) is 1.25. The summed E-state index contributed by atoms with van der Waals surface area (Å²) in [5, 5.41) is 0. The normalized spacial score (nSPS) is 6.77. The van der Waals surface area contributed by atoms with Crippen molar-refractivity contribution in [1.29, 1.82) is 0 Å². The van der Waals surface area contributed by atoms with E-state index < -0.39 is 38.7 Å². The van der Waals surface area contributed by atoms with Crippen molar-refractivity contribution in [1.82, 2.24) is 0 Å². The van der Waals surface area contributed by atoms with Crippen LogP contribution in [0.25, 0.3) is 0 Å². The molecular formula is Cl4O4Zr5. The molecule has 4 nitrogen and oxygen atoms in total. The zero-order valence-electron chi connectivity index (χ0n) is 5.64. The first-order valence-corrected chi connectivity index (χ1v) is 15.8. The van der Waals surface area contributed by atoms with E-state index in [1.54, 1.807) is 0 Å². The summed E-state index contributed by atoms with van der Waals surface area (Å²) in [6.07, 6.45) is 0. The van der Waals surface area contributed by atoms with Gasteiger partial charge in [-0.25, -0.2) is 0 Å². The Morgan fingerprint density at radius 1 is 0.615 bits per heavy atom. The van der Waals surface area contributed by atoms with Gasteiger partial charge in [0.25, 0.3) is 0 Å². The van der Waals surface area contributed by atoms with Crippen LogP contribution in [-0.4, -0.2) is 0 Å². The predicted molar refractivity (Wildman–Crippen MR) is 26.2 cm³/mol. The summed E-state index contributed by atoms with van der Waals surface area (Å²) >= 11 is -5.70. The van der Waals surface area contributed by atoms with Gasteiger partial charge in [0.15, 0.2) is 0 Å². The van der Waals surface area contributed by atoms with E-state index in [4.69, 9.17) is 0 Å². The average molecular weight is 662 g/mol. The summed E-state index contributed by atoms with van der Waals surface area (Å²) in [7, 11) is 18.7. The largest absolute Gasteiger partial charge is 4.00 e. The molecule has 0 saturated carbocycles. The third-order valence-corrected chi connectivity index (χ3v) is 0. The van der Waals surface area contributed by atoms with Crippen molar-refractivity contribution < 1.29 is 134 Å². The predicted octanol–water partition coefficient (Wildman–Crippen LogP) is 2.27. The van der Waals surface area contributed by atoms with Crippen LogP contribution in [0.1, 0.15) is 0 Å². The summed E-state index contributed by atoms with van der Waals surface area (Å²) in [5.74, 6) is 0. The minimum atomic E-state index is -2.85. The first-order chi connectivity index (χ1) is 3.46. The summed E-state index contributed by atoms with van der Waals surface area (Å²) < 4.78 is 18.5. The van der Waals surface area contributed by atoms with E-state index in [-0.39, 0.29) is 89.6 Å². The fourth-order valence-electron chi connectivity index (χ4n) is 0. The van der Waals surface area contributed by atoms with Gasteiger partial charge in [-0.2, -0.15) is 0 Å². The molecular weight excluding hydrogens is 662 g/mol. The summed E-state index contributed by atoms with van der Waals surface area (Å²) in [4.78, 5) is 0. The Bertz CT molecular complexity index is 78.5. The molecule has 0 bridgehead atoms. The van der Waals surface area contributed by atoms with Crippen LogP contribution >= 0.6 is 34.1 Å². The first kappa shape index (κ1) is 43.0. The van der Waals surface area contributed by atoms with E-state index in [0.29, 0.717) is 0 Å². The number of hydrogen-bond acceptors (Lipinski definition) is 2. The van der Waals surface area contributed by atoms with Crippen LogP contribution in [0.5, 0.6) is 0 Å². The molecule has 0 rings (SSSR count). The molecule has 0 aliphatic carbocycles. The molecule has 0 spiro atoms. The van der Waals surface area contributed by atoms with Crippen LogP contribution in [0, 0.1) is 0 Å². The van der Waals surface area contributed by atoms with E-state index in [9.17, 15) is 5.63 Å². The van der Waals surface area contributed by atoms with E-state index >= 15 is 0 Å². The van der Waals surface area contributed by atoms with Crippen LogP contribution in [-0.2, 0) is 134 Å². The van der Waals surface area contributed by atoms with Crippen LogP contribution in [0.4, 0.5) is 0 Å². The molecule has 0 unspecified atom stereocenters. The molecule has 0 atom stereocenters. The van der Waals surface area contributed by atoms with Crippen molar-refractivity contribution in [3.63, 3.8) is 0 Å². The van der Waals surface area contributed by atoms with Crippen LogP contribution in [0.15, 0.2) is 0 Å². The molecule has 0 aromatic carbocycles. The first-order valence-electron chi connectivity index (χ1n) is 1.16. The Morgan fingerprint density at radius 3 is 0.615 bits per heavy atom. The van der Waals surface area contributed by atoms with Crippen molar-refractivity contribution in [3.05, 3.63) is 0 Å². The molecule has 13 heavy (non-hydrogen) atoms. The van der Waals surface area contributed by atoms with Crippen molar-refractivity contribution >= 4 is 34.1 Å². The third kappa shape index (κ3) is 150. The van der Waals surface area contributed by atoms with Crippen LogP contribution in [0.3, 0.4) is 0 Å². The van der Waals surface area contributed by atoms with E-state index in [1.165, 1.54) is 0 Å². The minimum Gasteiger partial charge on any atom is 4.00 e. The van der Waals surface area contributed by atoms with Gasteiger partial charge < -0.3 is 11.0 Å². The van der Waals surface area contributed by atoms with Crippen molar-refractivity contribution in [2.45, 2.75) is 0 Å². The van der Waals surface area contributed by atoms with E-state index in [0.717, 1.165) is 0 Å². The number of rotatable bonds is 0. The molecule has 0 saturated heterocycles. The van der Waals surface area contributed by atoms with E-state index in [1.807, 2.05) is 0 Å². The molecule has 0 aliphatic rings. The summed E-state index contributed by atoms with van der Waals surface area (Å²) in [5.41, 5.74) is 0. The molecule has 0 amide bonds. The SMILES string of the molecule is [O-2].[O-2].[O]=[Zr-4]([Cl])[Cl].[O]=[Zr-4]([Cl])[Cl].[Zr+4].[Zr+4].[Zr+4]. The fourth-order valence-corrected chi connectivity index (χ4v) is 0. The smallest absolute Gasteiger partial charge is 4.00 e. The van der Waals surface area contributed by atoms with Crippen LogP contribution < -0.4 is 0 Å². The van der Waals surface area contributed by atoms with Gasteiger partial charge in [0, 0.05) is 0 Å². The molecule has 72 valence electrons. The van der Waals surface area contributed by atoms with Gasteiger partial charge in [0.1, 0.15) is 0 Å². The Labute approximate surface area is 164 Å². The monoisotopic (exact) mass is 653 g/mol. The second kappa shape index (κ2) is 36.0. The molecule has 0 radical (unpaired) electrons. The number of halogens is 4. The Balaban J connectivity index is -0.00000000800. The molecule has 13 heteroatoms. The molecule has 0 fully saturated rings. The summed E-state index contributed by atoms with van der Waals surface area (Å²) in [6, 6.07) is 0. The summed E-state index contributed by atoms with van der Waals surface area (Å²) in [6.45, 7) is 0. The maximum atomic E-state index is 9.26. The Kier molecular flexibility index (Phi) is 119. The van der Waals surface area contributed by atoms with Gasteiger partial charge in [-0.3, -0.25) is 0 Å². The van der Waals surface area contributed by atoms with Crippen molar-refractivity contribution in [2.24, 2.45) is 0 Å².